The van der Waals surface area contributed by atoms with Crippen LogP contribution in [0.25, 0.3) is 10.9 Å². The number of nitrogens with zero attached hydrogens (tertiary/aromatic N) is 2. The minimum Gasteiger partial charge on any atom is -0.166 e. The predicted octanol–water partition coefficient (Wildman–Crippen LogP) is 3.27. The van der Waals surface area contributed by atoms with Gasteiger partial charge in [-0.1, -0.05) is 0 Å². The highest BCUT2D eigenvalue weighted by Gasteiger charge is 2.33. The van der Waals surface area contributed by atoms with Crippen molar-refractivity contribution in [1.29, 1.82) is 0 Å². The molecule has 16 heavy (non-hydrogen) atoms. The molecular formula is C11H9F3N2. The van der Waals surface area contributed by atoms with Crippen LogP contribution >= 0.6 is 0 Å². The molecule has 0 amide bonds. The largest absolute Gasteiger partial charge is 0.418 e. The van der Waals surface area contributed by atoms with E-state index in [1.165, 1.54) is 6.20 Å². The molecule has 0 saturated carbocycles. The van der Waals surface area contributed by atoms with E-state index in [1.807, 2.05) is 0 Å². The Morgan fingerprint density at radius 3 is 2.44 bits per heavy atom. The Balaban J connectivity index is 2.89. The van der Waals surface area contributed by atoms with Gasteiger partial charge in [-0.25, -0.2) is 0 Å². The summed E-state index contributed by atoms with van der Waals surface area (Å²) in [6.07, 6.45) is -2.94. The third kappa shape index (κ3) is 1.73. The molecule has 0 unspecified atom stereocenters. The maximum absolute atomic E-state index is 12.8. The Morgan fingerprint density at radius 1 is 1.12 bits per heavy atom. The summed E-state index contributed by atoms with van der Waals surface area (Å²) in [6.45, 7) is 3.35. The van der Waals surface area contributed by atoms with Crippen molar-refractivity contribution in [3.63, 3.8) is 0 Å². The molecule has 0 aliphatic heterocycles. The summed E-state index contributed by atoms with van der Waals surface area (Å²) in [4.78, 5) is 0. The maximum Gasteiger partial charge on any atom is 0.418 e. The van der Waals surface area contributed by atoms with Crippen molar-refractivity contribution in [1.82, 2.24) is 10.2 Å². The molecule has 5 heteroatoms. The first-order valence-electron chi connectivity index (χ1n) is 4.69. The molecule has 0 saturated heterocycles. The number of hydrogen-bond donors (Lipinski definition) is 0. The van der Waals surface area contributed by atoms with Crippen LogP contribution in [0.15, 0.2) is 18.3 Å². The minimum absolute atomic E-state index is 0.0851. The van der Waals surface area contributed by atoms with E-state index in [1.54, 1.807) is 19.9 Å². The SMILES string of the molecule is Cc1cc(C(F)(F)F)c2nncc(C)c2c1. The first-order chi connectivity index (χ1) is 7.39. The summed E-state index contributed by atoms with van der Waals surface area (Å²) in [5.41, 5.74) is 0.451. The lowest BCUT2D eigenvalue weighted by Crippen LogP contribution is -2.08. The van der Waals surface area contributed by atoms with Gasteiger partial charge in [0.2, 0.25) is 0 Å². The molecule has 1 aromatic carbocycles. The number of benzene rings is 1. The van der Waals surface area contributed by atoms with E-state index in [9.17, 15) is 13.2 Å². The van der Waals surface area contributed by atoms with Gasteiger partial charge in [0.05, 0.1) is 11.8 Å². The van der Waals surface area contributed by atoms with Crippen molar-refractivity contribution in [3.05, 3.63) is 35.0 Å². The summed E-state index contributed by atoms with van der Waals surface area (Å²) in [5.74, 6) is 0. The van der Waals surface area contributed by atoms with Gasteiger partial charge in [0.25, 0.3) is 0 Å². The lowest BCUT2D eigenvalue weighted by atomic mass is 10.0. The van der Waals surface area contributed by atoms with Gasteiger partial charge in [-0.2, -0.15) is 18.3 Å². The van der Waals surface area contributed by atoms with Crippen LogP contribution in [0.4, 0.5) is 13.2 Å². The summed E-state index contributed by atoms with van der Waals surface area (Å²) in [7, 11) is 0. The van der Waals surface area contributed by atoms with Crippen molar-refractivity contribution in [2.75, 3.05) is 0 Å². The average molecular weight is 226 g/mol. The van der Waals surface area contributed by atoms with Crippen molar-refractivity contribution in [2.45, 2.75) is 20.0 Å². The van der Waals surface area contributed by atoms with Gasteiger partial charge in [0.1, 0.15) is 5.52 Å². The Kier molecular flexibility index (Phi) is 2.33. The highest BCUT2D eigenvalue weighted by atomic mass is 19.4. The van der Waals surface area contributed by atoms with Gasteiger partial charge in [-0.15, -0.1) is 5.10 Å². The van der Waals surface area contributed by atoms with Crippen LogP contribution in [0.5, 0.6) is 0 Å². The summed E-state index contributed by atoms with van der Waals surface area (Å²) < 4.78 is 38.3. The second kappa shape index (κ2) is 3.43. The number of aryl methyl sites for hydroxylation is 2. The highest BCUT2D eigenvalue weighted by Crippen LogP contribution is 2.35. The molecule has 0 spiro atoms. The number of alkyl halides is 3. The Labute approximate surface area is 90.1 Å². The van der Waals surface area contributed by atoms with E-state index in [2.05, 4.69) is 10.2 Å². The molecule has 2 rings (SSSR count). The monoisotopic (exact) mass is 226 g/mol. The van der Waals surface area contributed by atoms with Crippen LogP contribution in [0.1, 0.15) is 16.7 Å². The zero-order valence-electron chi connectivity index (χ0n) is 8.76. The van der Waals surface area contributed by atoms with Crippen molar-refractivity contribution < 1.29 is 13.2 Å². The van der Waals surface area contributed by atoms with E-state index >= 15 is 0 Å². The molecule has 0 aliphatic rings. The molecule has 2 aromatic rings. The van der Waals surface area contributed by atoms with Gasteiger partial charge in [0, 0.05) is 5.39 Å². The molecule has 0 radical (unpaired) electrons. The van der Waals surface area contributed by atoms with Crippen LogP contribution in [-0.4, -0.2) is 10.2 Å². The topological polar surface area (TPSA) is 25.8 Å². The van der Waals surface area contributed by atoms with Crippen LogP contribution in [0.2, 0.25) is 0 Å². The van der Waals surface area contributed by atoms with Crippen LogP contribution in [-0.2, 0) is 6.18 Å². The third-order valence-electron chi connectivity index (χ3n) is 2.39. The van der Waals surface area contributed by atoms with Gasteiger partial charge in [-0.3, -0.25) is 0 Å². The van der Waals surface area contributed by atoms with E-state index in [4.69, 9.17) is 0 Å². The van der Waals surface area contributed by atoms with Gasteiger partial charge < -0.3 is 0 Å². The maximum atomic E-state index is 12.8. The molecule has 0 bridgehead atoms. The number of aromatic nitrogens is 2. The number of halogens is 3. The van der Waals surface area contributed by atoms with Gasteiger partial charge in [0.15, 0.2) is 0 Å². The van der Waals surface area contributed by atoms with E-state index in [0.29, 0.717) is 16.5 Å². The first-order valence-corrected chi connectivity index (χ1v) is 4.69. The van der Waals surface area contributed by atoms with Crippen molar-refractivity contribution in [3.8, 4) is 0 Å². The predicted molar refractivity (Wildman–Crippen MR) is 54.0 cm³/mol. The van der Waals surface area contributed by atoms with Gasteiger partial charge >= 0.3 is 6.18 Å². The van der Waals surface area contributed by atoms with Crippen LogP contribution in [0, 0.1) is 13.8 Å². The van der Waals surface area contributed by atoms with E-state index in [-0.39, 0.29) is 5.52 Å². The minimum atomic E-state index is -4.40. The first kappa shape index (κ1) is 10.9. The molecule has 2 nitrogen and oxygen atoms in total. The van der Waals surface area contributed by atoms with Crippen molar-refractivity contribution in [2.24, 2.45) is 0 Å². The second-order valence-electron chi connectivity index (χ2n) is 3.73. The fraction of sp³-hybridized carbons (Fsp3) is 0.273. The molecule has 0 N–H and O–H groups in total. The van der Waals surface area contributed by atoms with Crippen LogP contribution < -0.4 is 0 Å². The van der Waals surface area contributed by atoms with E-state index in [0.717, 1.165) is 6.07 Å². The molecule has 1 aromatic heterocycles. The molecule has 1 heterocycles. The smallest absolute Gasteiger partial charge is 0.166 e. The standard InChI is InChI=1S/C11H9F3N2/c1-6-3-8-7(2)5-15-16-10(8)9(4-6)11(12,13)14/h3-5H,1-2H3. The Morgan fingerprint density at radius 2 is 1.81 bits per heavy atom. The third-order valence-corrected chi connectivity index (χ3v) is 2.39. The zero-order valence-corrected chi connectivity index (χ0v) is 8.76. The lowest BCUT2D eigenvalue weighted by Gasteiger charge is -2.11. The summed E-state index contributed by atoms with van der Waals surface area (Å²) in [5, 5.41) is 7.65. The van der Waals surface area contributed by atoms with Gasteiger partial charge in [-0.05, 0) is 37.1 Å². The molecule has 84 valence electrons. The lowest BCUT2D eigenvalue weighted by molar-refractivity contribution is -0.136. The van der Waals surface area contributed by atoms with Crippen molar-refractivity contribution >= 4 is 10.9 Å². The normalized spacial score (nSPS) is 12.1. The second-order valence-corrected chi connectivity index (χ2v) is 3.73. The van der Waals surface area contributed by atoms with E-state index < -0.39 is 11.7 Å². The number of fused-ring (bicyclic) bond motifs is 1. The Hall–Kier alpha value is -1.65. The summed E-state index contributed by atoms with van der Waals surface area (Å²) >= 11 is 0. The highest BCUT2D eigenvalue weighted by molar-refractivity contribution is 5.85. The fourth-order valence-electron chi connectivity index (χ4n) is 1.65. The quantitative estimate of drug-likeness (QED) is 0.689. The summed E-state index contributed by atoms with van der Waals surface area (Å²) in [6, 6.07) is 2.78. The molecular weight excluding hydrogens is 217 g/mol. The molecule has 0 aliphatic carbocycles. The number of hydrogen-bond acceptors (Lipinski definition) is 2. The zero-order chi connectivity index (χ0) is 11.9. The molecule has 0 fully saturated rings. The van der Waals surface area contributed by atoms with Crippen LogP contribution in [0.3, 0.4) is 0 Å². The number of rotatable bonds is 0. The fourth-order valence-corrected chi connectivity index (χ4v) is 1.65. The average Bonchev–Trinajstić information content (AvgIpc) is 2.17. The Bertz CT molecular complexity index is 547. The molecule has 0 atom stereocenters.